The maximum atomic E-state index is 5.60. The molecule has 1 aromatic rings. The fraction of sp³-hybridized carbons (Fsp3) is 0.750. The molecular formula is C16H29N5. The fourth-order valence-electron chi connectivity index (χ4n) is 2.97. The summed E-state index contributed by atoms with van der Waals surface area (Å²) in [6.07, 6.45) is 11.1. The number of nitrogens with zero attached hydrogens (tertiary/aromatic N) is 2. The lowest BCUT2D eigenvalue weighted by Crippen LogP contribution is -2.23. The van der Waals surface area contributed by atoms with Crippen LogP contribution in [0.3, 0.4) is 0 Å². The van der Waals surface area contributed by atoms with Gasteiger partial charge in [0.2, 0.25) is 0 Å². The van der Waals surface area contributed by atoms with Crippen molar-refractivity contribution in [2.45, 2.75) is 77.7 Å². The Morgan fingerprint density at radius 1 is 1.05 bits per heavy atom. The van der Waals surface area contributed by atoms with Crippen molar-refractivity contribution < 1.29 is 0 Å². The van der Waals surface area contributed by atoms with E-state index in [-0.39, 0.29) is 0 Å². The van der Waals surface area contributed by atoms with Gasteiger partial charge in [0.25, 0.3) is 0 Å². The quantitative estimate of drug-likeness (QED) is 0.571. The molecule has 0 atom stereocenters. The van der Waals surface area contributed by atoms with Crippen LogP contribution in [0.4, 0.5) is 11.6 Å². The SMILES string of the molecule is CCCc1nc(NN)c(C)c(NC2CCCCCCC2)n1. The van der Waals surface area contributed by atoms with E-state index in [1.807, 2.05) is 6.92 Å². The normalized spacial score (nSPS) is 17.1. The highest BCUT2D eigenvalue weighted by molar-refractivity contribution is 5.57. The minimum atomic E-state index is 0.527. The summed E-state index contributed by atoms with van der Waals surface area (Å²) in [6, 6.07) is 0.527. The van der Waals surface area contributed by atoms with Crippen LogP contribution in [-0.2, 0) is 6.42 Å². The van der Waals surface area contributed by atoms with Gasteiger partial charge in [-0.25, -0.2) is 15.8 Å². The first-order valence-electron chi connectivity index (χ1n) is 8.35. The molecule has 1 heterocycles. The van der Waals surface area contributed by atoms with Gasteiger partial charge in [-0.1, -0.05) is 39.0 Å². The number of hydrazine groups is 1. The van der Waals surface area contributed by atoms with Crippen LogP contribution in [0, 0.1) is 6.92 Å². The zero-order valence-corrected chi connectivity index (χ0v) is 13.4. The van der Waals surface area contributed by atoms with Crippen molar-refractivity contribution in [3.05, 3.63) is 11.4 Å². The van der Waals surface area contributed by atoms with Crippen molar-refractivity contribution in [3.63, 3.8) is 0 Å². The van der Waals surface area contributed by atoms with E-state index in [9.17, 15) is 0 Å². The van der Waals surface area contributed by atoms with Gasteiger partial charge in [-0.3, -0.25) is 0 Å². The Morgan fingerprint density at radius 2 is 1.67 bits per heavy atom. The minimum absolute atomic E-state index is 0.527. The summed E-state index contributed by atoms with van der Waals surface area (Å²) in [7, 11) is 0. The smallest absolute Gasteiger partial charge is 0.148 e. The molecule has 1 fully saturated rings. The molecule has 5 nitrogen and oxygen atoms in total. The monoisotopic (exact) mass is 291 g/mol. The molecule has 0 spiro atoms. The summed E-state index contributed by atoms with van der Waals surface area (Å²) >= 11 is 0. The largest absolute Gasteiger partial charge is 0.367 e. The van der Waals surface area contributed by atoms with E-state index < -0.39 is 0 Å². The zero-order chi connectivity index (χ0) is 15.1. The number of anilines is 2. The molecule has 0 unspecified atom stereocenters. The maximum absolute atomic E-state index is 5.60. The van der Waals surface area contributed by atoms with Crippen molar-refractivity contribution in [1.82, 2.24) is 9.97 Å². The van der Waals surface area contributed by atoms with E-state index in [1.165, 1.54) is 44.9 Å². The lowest BCUT2D eigenvalue weighted by molar-refractivity contribution is 0.470. The van der Waals surface area contributed by atoms with E-state index >= 15 is 0 Å². The molecule has 1 saturated carbocycles. The summed E-state index contributed by atoms with van der Waals surface area (Å²) < 4.78 is 0. The molecule has 1 aliphatic carbocycles. The van der Waals surface area contributed by atoms with Crippen LogP contribution in [0.5, 0.6) is 0 Å². The van der Waals surface area contributed by atoms with Crippen LogP contribution in [0.15, 0.2) is 0 Å². The third-order valence-corrected chi connectivity index (χ3v) is 4.25. The minimum Gasteiger partial charge on any atom is -0.367 e. The molecule has 0 aromatic carbocycles. The number of nitrogen functional groups attached to an aromatic ring is 1. The molecule has 1 aromatic heterocycles. The summed E-state index contributed by atoms with van der Waals surface area (Å²) in [5, 5.41) is 3.64. The summed E-state index contributed by atoms with van der Waals surface area (Å²) in [4.78, 5) is 9.18. The predicted octanol–water partition coefficient (Wildman–Crippen LogP) is 3.55. The molecule has 0 saturated heterocycles. The second-order valence-corrected chi connectivity index (χ2v) is 6.04. The number of rotatable bonds is 5. The lowest BCUT2D eigenvalue weighted by Gasteiger charge is -2.23. The van der Waals surface area contributed by atoms with Gasteiger partial charge in [-0.05, 0) is 26.2 Å². The van der Waals surface area contributed by atoms with Crippen LogP contribution in [0.1, 0.15) is 69.7 Å². The van der Waals surface area contributed by atoms with Crippen LogP contribution in [0.2, 0.25) is 0 Å². The van der Waals surface area contributed by atoms with Gasteiger partial charge < -0.3 is 10.7 Å². The Morgan fingerprint density at radius 3 is 2.29 bits per heavy atom. The van der Waals surface area contributed by atoms with Gasteiger partial charge in [-0.2, -0.15) is 0 Å². The zero-order valence-electron chi connectivity index (χ0n) is 13.4. The topological polar surface area (TPSA) is 75.9 Å². The summed E-state index contributed by atoms with van der Waals surface area (Å²) in [5.41, 5.74) is 3.72. The van der Waals surface area contributed by atoms with Crippen LogP contribution in [0.25, 0.3) is 0 Å². The van der Waals surface area contributed by atoms with E-state index in [2.05, 4.69) is 22.7 Å². The van der Waals surface area contributed by atoms with E-state index in [0.29, 0.717) is 6.04 Å². The number of hydrogen-bond donors (Lipinski definition) is 3. The number of hydrogen-bond acceptors (Lipinski definition) is 5. The van der Waals surface area contributed by atoms with Crippen molar-refractivity contribution in [2.24, 2.45) is 5.84 Å². The maximum Gasteiger partial charge on any atom is 0.148 e. The molecule has 2 rings (SSSR count). The number of aromatic nitrogens is 2. The summed E-state index contributed by atoms with van der Waals surface area (Å²) in [5.74, 6) is 8.15. The van der Waals surface area contributed by atoms with E-state index in [0.717, 1.165) is 35.9 Å². The second kappa shape index (κ2) is 8.17. The highest BCUT2D eigenvalue weighted by Crippen LogP contribution is 2.24. The first-order chi connectivity index (χ1) is 10.2. The highest BCUT2D eigenvalue weighted by Gasteiger charge is 2.15. The van der Waals surface area contributed by atoms with Gasteiger partial charge >= 0.3 is 0 Å². The Hall–Kier alpha value is -1.36. The van der Waals surface area contributed by atoms with Crippen molar-refractivity contribution >= 4 is 11.6 Å². The van der Waals surface area contributed by atoms with Gasteiger partial charge in [0, 0.05) is 18.0 Å². The Kier molecular flexibility index (Phi) is 6.23. The lowest BCUT2D eigenvalue weighted by atomic mass is 9.96. The molecule has 5 heteroatoms. The third kappa shape index (κ3) is 4.56. The predicted molar refractivity (Wildman–Crippen MR) is 88.3 cm³/mol. The Balaban J connectivity index is 2.14. The molecule has 4 N–H and O–H groups in total. The molecule has 0 bridgehead atoms. The van der Waals surface area contributed by atoms with E-state index in [4.69, 9.17) is 10.8 Å². The summed E-state index contributed by atoms with van der Waals surface area (Å²) in [6.45, 7) is 4.16. The third-order valence-electron chi connectivity index (χ3n) is 4.25. The Bertz CT molecular complexity index is 439. The molecule has 118 valence electrons. The van der Waals surface area contributed by atoms with Crippen LogP contribution in [-0.4, -0.2) is 16.0 Å². The first-order valence-corrected chi connectivity index (χ1v) is 8.35. The number of nitrogens with two attached hydrogens (primary N) is 1. The molecule has 1 aliphatic rings. The van der Waals surface area contributed by atoms with Gasteiger partial charge in [0.05, 0.1) is 0 Å². The number of aryl methyl sites for hydroxylation is 1. The van der Waals surface area contributed by atoms with E-state index in [1.54, 1.807) is 0 Å². The highest BCUT2D eigenvalue weighted by atomic mass is 15.3. The fourth-order valence-corrected chi connectivity index (χ4v) is 2.97. The molecule has 0 amide bonds. The second-order valence-electron chi connectivity index (χ2n) is 6.04. The van der Waals surface area contributed by atoms with Gasteiger partial charge in [0.1, 0.15) is 17.5 Å². The van der Waals surface area contributed by atoms with Gasteiger partial charge in [0.15, 0.2) is 0 Å². The average Bonchev–Trinajstić information content (AvgIpc) is 2.45. The van der Waals surface area contributed by atoms with Crippen LogP contribution < -0.4 is 16.6 Å². The molecule has 21 heavy (non-hydrogen) atoms. The number of nitrogens with one attached hydrogen (secondary N) is 2. The van der Waals surface area contributed by atoms with Crippen molar-refractivity contribution in [1.29, 1.82) is 0 Å². The first kappa shape index (κ1) is 16.0. The van der Waals surface area contributed by atoms with Crippen LogP contribution >= 0.6 is 0 Å². The average molecular weight is 291 g/mol. The van der Waals surface area contributed by atoms with Crippen molar-refractivity contribution in [2.75, 3.05) is 10.7 Å². The standard InChI is InChI=1S/C16H29N5/c1-3-9-14-19-15(12(2)16(20-14)21-17)18-13-10-7-5-4-6-8-11-13/h13H,3-11,17H2,1-2H3,(H2,18,19,20,21). The molecule has 0 radical (unpaired) electrons. The molecule has 0 aliphatic heterocycles. The molecular weight excluding hydrogens is 262 g/mol. The van der Waals surface area contributed by atoms with Gasteiger partial charge in [-0.15, -0.1) is 0 Å². The Labute approximate surface area is 128 Å². The van der Waals surface area contributed by atoms with Crippen molar-refractivity contribution in [3.8, 4) is 0 Å².